The van der Waals surface area contributed by atoms with Crippen LogP contribution in [0.15, 0.2) is 0 Å². The van der Waals surface area contributed by atoms with E-state index >= 15 is 0 Å². The van der Waals surface area contributed by atoms with Crippen LogP contribution in [-0.4, -0.2) is 19.3 Å². The van der Waals surface area contributed by atoms with Crippen molar-refractivity contribution in [2.75, 3.05) is 13.2 Å². The van der Waals surface area contributed by atoms with Crippen molar-refractivity contribution in [2.45, 2.75) is 33.2 Å². The standard InChI is InChI=1S/C10H21NO/c1-7(2)8(3)10(11)9-4-5-12-6-9/h7-10H,4-6,11H2,1-3H3. The van der Waals surface area contributed by atoms with E-state index in [-0.39, 0.29) is 0 Å². The summed E-state index contributed by atoms with van der Waals surface area (Å²) in [5.41, 5.74) is 6.14. The maximum absolute atomic E-state index is 6.14. The molecule has 0 aromatic carbocycles. The minimum Gasteiger partial charge on any atom is -0.381 e. The van der Waals surface area contributed by atoms with E-state index in [4.69, 9.17) is 10.5 Å². The Bertz CT molecular complexity index is 128. The summed E-state index contributed by atoms with van der Waals surface area (Å²) in [7, 11) is 0. The Labute approximate surface area is 75.5 Å². The van der Waals surface area contributed by atoms with Crippen molar-refractivity contribution in [3.8, 4) is 0 Å². The van der Waals surface area contributed by atoms with Crippen LogP contribution in [0, 0.1) is 17.8 Å². The average Bonchev–Trinajstić information content (AvgIpc) is 2.53. The molecule has 1 heterocycles. The second kappa shape index (κ2) is 4.24. The second-order valence-electron chi connectivity index (χ2n) is 4.30. The van der Waals surface area contributed by atoms with E-state index in [1.807, 2.05) is 0 Å². The molecule has 72 valence electrons. The lowest BCUT2D eigenvalue weighted by Gasteiger charge is -2.27. The van der Waals surface area contributed by atoms with E-state index in [1.165, 1.54) is 0 Å². The minimum absolute atomic E-state index is 0.326. The van der Waals surface area contributed by atoms with Gasteiger partial charge in [0.15, 0.2) is 0 Å². The maximum atomic E-state index is 6.14. The fourth-order valence-corrected chi connectivity index (χ4v) is 1.73. The van der Waals surface area contributed by atoms with Gasteiger partial charge in [-0.1, -0.05) is 20.8 Å². The van der Waals surface area contributed by atoms with Gasteiger partial charge >= 0.3 is 0 Å². The van der Waals surface area contributed by atoms with Gasteiger partial charge in [0.1, 0.15) is 0 Å². The van der Waals surface area contributed by atoms with Crippen LogP contribution in [0.25, 0.3) is 0 Å². The van der Waals surface area contributed by atoms with Gasteiger partial charge in [0.25, 0.3) is 0 Å². The Morgan fingerprint density at radius 1 is 1.33 bits per heavy atom. The Kier molecular flexibility index (Phi) is 3.53. The largest absolute Gasteiger partial charge is 0.381 e. The highest BCUT2D eigenvalue weighted by Gasteiger charge is 2.27. The highest BCUT2D eigenvalue weighted by molar-refractivity contribution is 4.81. The molecule has 0 aliphatic carbocycles. The van der Waals surface area contributed by atoms with Crippen LogP contribution in [0.5, 0.6) is 0 Å². The zero-order valence-corrected chi connectivity index (χ0v) is 8.42. The van der Waals surface area contributed by atoms with Crippen molar-refractivity contribution in [1.82, 2.24) is 0 Å². The van der Waals surface area contributed by atoms with Crippen molar-refractivity contribution >= 4 is 0 Å². The van der Waals surface area contributed by atoms with Crippen LogP contribution in [0.1, 0.15) is 27.2 Å². The fourth-order valence-electron chi connectivity index (χ4n) is 1.73. The van der Waals surface area contributed by atoms with E-state index in [1.54, 1.807) is 0 Å². The molecule has 2 nitrogen and oxygen atoms in total. The van der Waals surface area contributed by atoms with Crippen LogP contribution >= 0.6 is 0 Å². The Balaban J connectivity index is 2.39. The van der Waals surface area contributed by atoms with Crippen LogP contribution in [0.4, 0.5) is 0 Å². The molecule has 2 heteroatoms. The fraction of sp³-hybridized carbons (Fsp3) is 1.00. The van der Waals surface area contributed by atoms with E-state index in [9.17, 15) is 0 Å². The SMILES string of the molecule is CC(C)C(C)C(N)C1CCOC1. The van der Waals surface area contributed by atoms with E-state index < -0.39 is 0 Å². The first-order chi connectivity index (χ1) is 5.63. The Morgan fingerprint density at radius 3 is 2.42 bits per heavy atom. The summed E-state index contributed by atoms with van der Waals surface area (Å²) < 4.78 is 5.33. The van der Waals surface area contributed by atoms with Crippen molar-refractivity contribution in [3.63, 3.8) is 0 Å². The zero-order valence-electron chi connectivity index (χ0n) is 8.42. The van der Waals surface area contributed by atoms with Gasteiger partial charge in [-0.05, 0) is 24.2 Å². The highest BCUT2D eigenvalue weighted by atomic mass is 16.5. The Hall–Kier alpha value is -0.0800. The van der Waals surface area contributed by atoms with Crippen LogP contribution in [0.2, 0.25) is 0 Å². The average molecular weight is 171 g/mol. The van der Waals surface area contributed by atoms with Crippen LogP contribution in [-0.2, 0) is 4.74 Å². The minimum atomic E-state index is 0.326. The molecule has 0 aromatic rings. The number of nitrogens with two attached hydrogens (primary N) is 1. The molecule has 3 atom stereocenters. The van der Waals surface area contributed by atoms with Crippen molar-refractivity contribution in [2.24, 2.45) is 23.5 Å². The van der Waals surface area contributed by atoms with Gasteiger partial charge in [-0.2, -0.15) is 0 Å². The molecule has 0 bridgehead atoms. The molecule has 1 rings (SSSR count). The first-order valence-corrected chi connectivity index (χ1v) is 4.96. The van der Waals surface area contributed by atoms with E-state index in [2.05, 4.69) is 20.8 Å². The summed E-state index contributed by atoms with van der Waals surface area (Å²) in [4.78, 5) is 0. The topological polar surface area (TPSA) is 35.2 Å². The molecule has 0 radical (unpaired) electrons. The van der Waals surface area contributed by atoms with Gasteiger partial charge in [0.05, 0.1) is 6.61 Å². The highest BCUT2D eigenvalue weighted by Crippen LogP contribution is 2.24. The van der Waals surface area contributed by atoms with Gasteiger partial charge in [-0.15, -0.1) is 0 Å². The molecular formula is C10H21NO. The van der Waals surface area contributed by atoms with Crippen molar-refractivity contribution in [1.29, 1.82) is 0 Å². The van der Waals surface area contributed by atoms with E-state index in [0.717, 1.165) is 19.6 Å². The summed E-state index contributed by atoms with van der Waals surface area (Å²) in [6.07, 6.45) is 1.15. The molecule has 2 N–H and O–H groups in total. The first kappa shape index (κ1) is 10.0. The number of hydrogen-bond acceptors (Lipinski definition) is 2. The monoisotopic (exact) mass is 171 g/mol. The molecular weight excluding hydrogens is 150 g/mol. The third-order valence-electron chi connectivity index (χ3n) is 3.17. The van der Waals surface area contributed by atoms with Gasteiger partial charge < -0.3 is 10.5 Å². The molecule has 0 amide bonds. The molecule has 0 saturated carbocycles. The summed E-state index contributed by atoms with van der Waals surface area (Å²) in [5, 5.41) is 0. The number of ether oxygens (including phenoxy) is 1. The molecule has 12 heavy (non-hydrogen) atoms. The number of rotatable bonds is 3. The second-order valence-corrected chi connectivity index (χ2v) is 4.30. The van der Waals surface area contributed by atoms with Gasteiger partial charge in [-0.25, -0.2) is 0 Å². The molecule has 3 unspecified atom stereocenters. The molecule has 1 saturated heterocycles. The van der Waals surface area contributed by atoms with Gasteiger partial charge in [-0.3, -0.25) is 0 Å². The third-order valence-corrected chi connectivity index (χ3v) is 3.17. The summed E-state index contributed by atoms with van der Waals surface area (Å²) in [5.74, 6) is 1.89. The third kappa shape index (κ3) is 2.20. The summed E-state index contributed by atoms with van der Waals surface area (Å²) in [6.45, 7) is 8.50. The summed E-state index contributed by atoms with van der Waals surface area (Å²) in [6, 6.07) is 0.326. The molecule has 0 aromatic heterocycles. The predicted octanol–water partition coefficient (Wildman–Crippen LogP) is 1.64. The predicted molar refractivity (Wildman–Crippen MR) is 50.9 cm³/mol. The molecule has 1 fully saturated rings. The lowest BCUT2D eigenvalue weighted by atomic mass is 9.83. The Morgan fingerprint density at radius 2 is 2.00 bits per heavy atom. The van der Waals surface area contributed by atoms with Crippen molar-refractivity contribution < 1.29 is 4.74 Å². The smallest absolute Gasteiger partial charge is 0.0510 e. The quantitative estimate of drug-likeness (QED) is 0.700. The van der Waals surface area contributed by atoms with Crippen molar-refractivity contribution in [3.05, 3.63) is 0 Å². The lowest BCUT2D eigenvalue weighted by molar-refractivity contribution is 0.168. The molecule has 1 aliphatic rings. The summed E-state index contributed by atoms with van der Waals surface area (Å²) >= 11 is 0. The molecule has 0 spiro atoms. The lowest BCUT2D eigenvalue weighted by Crippen LogP contribution is -2.38. The zero-order chi connectivity index (χ0) is 9.14. The first-order valence-electron chi connectivity index (χ1n) is 4.96. The van der Waals surface area contributed by atoms with Gasteiger partial charge in [0.2, 0.25) is 0 Å². The maximum Gasteiger partial charge on any atom is 0.0510 e. The normalized spacial score (nSPS) is 29.2. The van der Waals surface area contributed by atoms with E-state index in [0.29, 0.717) is 23.8 Å². The van der Waals surface area contributed by atoms with Crippen LogP contribution < -0.4 is 5.73 Å². The number of hydrogen-bond donors (Lipinski definition) is 1. The van der Waals surface area contributed by atoms with Crippen LogP contribution in [0.3, 0.4) is 0 Å². The molecule has 1 aliphatic heterocycles. The van der Waals surface area contributed by atoms with Gasteiger partial charge in [0, 0.05) is 12.6 Å².